The molecule has 4 nitrogen and oxygen atoms in total. The van der Waals surface area contributed by atoms with Crippen LogP contribution in [0.3, 0.4) is 0 Å². The number of aromatic nitrogens is 1. The van der Waals surface area contributed by atoms with E-state index < -0.39 is 0 Å². The SMILES string of the molecule is Cc1cc(-c2ccc(OCc3ccccc3)nc2OCc2ccccc2)ccc1CN.Cl. The summed E-state index contributed by atoms with van der Waals surface area (Å²) >= 11 is 0. The minimum absolute atomic E-state index is 0. The fourth-order valence-corrected chi connectivity index (χ4v) is 3.38. The minimum atomic E-state index is 0. The predicted octanol–water partition coefficient (Wildman–Crippen LogP) is 6.10. The fraction of sp³-hybridized carbons (Fsp3) is 0.148. The maximum atomic E-state index is 6.15. The highest BCUT2D eigenvalue weighted by molar-refractivity contribution is 5.85. The van der Waals surface area contributed by atoms with Crippen molar-refractivity contribution in [2.75, 3.05) is 0 Å². The molecular weight excluding hydrogens is 420 g/mol. The van der Waals surface area contributed by atoms with E-state index in [-0.39, 0.29) is 12.4 Å². The lowest BCUT2D eigenvalue weighted by molar-refractivity contribution is 0.268. The average molecular weight is 447 g/mol. The van der Waals surface area contributed by atoms with Gasteiger partial charge in [-0.05, 0) is 40.8 Å². The molecule has 0 fully saturated rings. The summed E-state index contributed by atoms with van der Waals surface area (Å²) in [4.78, 5) is 4.68. The largest absolute Gasteiger partial charge is 0.473 e. The number of nitrogens with two attached hydrogens (primary N) is 1. The zero-order chi connectivity index (χ0) is 21.5. The predicted molar refractivity (Wildman–Crippen MR) is 131 cm³/mol. The third-order valence-electron chi connectivity index (χ3n) is 5.16. The van der Waals surface area contributed by atoms with Gasteiger partial charge in [0.05, 0.1) is 0 Å². The molecule has 0 radical (unpaired) electrons. The summed E-state index contributed by atoms with van der Waals surface area (Å²) < 4.78 is 12.1. The Hall–Kier alpha value is -3.34. The van der Waals surface area contributed by atoms with E-state index >= 15 is 0 Å². The van der Waals surface area contributed by atoms with Gasteiger partial charge in [-0.15, -0.1) is 12.4 Å². The summed E-state index contributed by atoms with van der Waals surface area (Å²) in [6, 6.07) is 30.3. The summed E-state index contributed by atoms with van der Waals surface area (Å²) in [7, 11) is 0. The van der Waals surface area contributed by atoms with Gasteiger partial charge in [-0.3, -0.25) is 0 Å². The molecule has 0 saturated heterocycles. The number of pyridine rings is 1. The number of halogens is 1. The minimum Gasteiger partial charge on any atom is -0.473 e. The maximum absolute atomic E-state index is 6.15. The fourth-order valence-electron chi connectivity index (χ4n) is 3.38. The Kier molecular flexibility index (Phi) is 8.26. The number of hydrogen-bond acceptors (Lipinski definition) is 4. The third kappa shape index (κ3) is 5.88. The van der Waals surface area contributed by atoms with Crippen molar-refractivity contribution < 1.29 is 9.47 Å². The lowest BCUT2D eigenvalue weighted by atomic mass is 10.0. The van der Waals surface area contributed by atoms with E-state index in [1.54, 1.807) is 0 Å². The Morgan fingerprint density at radius 1 is 0.750 bits per heavy atom. The van der Waals surface area contributed by atoms with Crippen molar-refractivity contribution in [2.24, 2.45) is 5.73 Å². The normalized spacial score (nSPS) is 10.3. The Morgan fingerprint density at radius 2 is 1.38 bits per heavy atom. The van der Waals surface area contributed by atoms with Gasteiger partial charge in [0, 0.05) is 18.2 Å². The Labute approximate surface area is 195 Å². The zero-order valence-electron chi connectivity index (χ0n) is 18.0. The van der Waals surface area contributed by atoms with Crippen molar-refractivity contribution in [3.63, 3.8) is 0 Å². The molecule has 0 spiro atoms. The van der Waals surface area contributed by atoms with Gasteiger partial charge in [0.1, 0.15) is 13.2 Å². The van der Waals surface area contributed by atoms with Gasteiger partial charge in [0.2, 0.25) is 11.8 Å². The van der Waals surface area contributed by atoms with E-state index in [4.69, 9.17) is 15.2 Å². The topological polar surface area (TPSA) is 57.4 Å². The lowest BCUT2D eigenvalue weighted by Gasteiger charge is -2.14. The first-order valence-electron chi connectivity index (χ1n) is 10.4. The second kappa shape index (κ2) is 11.3. The molecule has 1 aromatic heterocycles. The van der Waals surface area contributed by atoms with Crippen molar-refractivity contribution in [3.05, 3.63) is 113 Å². The molecule has 0 unspecified atom stereocenters. The van der Waals surface area contributed by atoms with Gasteiger partial charge < -0.3 is 15.2 Å². The van der Waals surface area contributed by atoms with E-state index in [0.29, 0.717) is 31.5 Å². The third-order valence-corrected chi connectivity index (χ3v) is 5.16. The molecule has 0 amide bonds. The molecule has 32 heavy (non-hydrogen) atoms. The van der Waals surface area contributed by atoms with Crippen LogP contribution in [0.1, 0.15) is 22.3 Å². The number of hydrogen-bond donors (Lipinski definition) is 1. The average Bonchev–Trinajstić information content (AvgIpc) is 2.83. The summed E-state index contributed by atoms with van der Waals surface area (Å²) in [6.45, 7) is 3.48. The molecule has 0 aliphatic rings. The highest BCUT2D eigenvalue weighted by Gasteiger charge is 2.12. The van der Waals surface area contributed by atoms with Crippen LogP contribution in [-0.4, -0.2) is 4.98 Å². The smallest absolute Gasteiger partial charge is 0.225 e. The molecule has 0 aliphatic heterocycles. The van der Waals surface area contributed by atoms with E-state index in [0.717, 1.165) is 33.4 Å². The van der Waals surface area contributed by atoms with Gasteiger partial charge in [0.25, 0.3) is 0 Å². The lowest BCUT2D eigenvalue weighted by Crippen LogP contribution is -2.03. The molecule has 5 heteroatoms. The van der Waals surface area contributed by atoms with Crippen LogP contribution in [0.15, 0.2) is 91.0 Å². The molecule has 3 aromatic carbocycles. The van der Waals surface area contributed by atoms with E-state index in [1.165, 1.54) is 0 Å². The standard InChI is InChI=1S/C27H26N2O2.ClH/c1-20-16-23(12-13-24(20)17-28)25-14-15-26(30-18-21-8-4-2-5-9-21)29-27(25)31-19-22-10-6-3-7-11-22;/h2-16H,17-19,28H2,1H3;1H. The van der Waals surface area contributed by atoms with Crippen LogP contribution in [0.2, 0.25) is 0 Å². The molecule has 4 aromatic rings. The summed E-state index contributed by atoms with van der Waals surface area (Å²) in [5, 5.41) is 0. The second-order valence-corrected chi connectivity index (χ2v) is 7.40. The molecule has 2 N–H and O–H groups in total. The van der Waals surface area contributed by atoms with Gasteiger partial charge in [-0.1, -0.05) is 78.9 Å². The maximum Gasteiger partial charge on any atom is 0.225 e. The van der Waals surface area contributed by atoms with Crippen molar-refractivity contribution in [3.8, 4) is 22.9 Å². The van der Waals surface area contributed by atoms with Crippen molar-refractivity contribution >= 4 is 12.4 Å². The van der Waals surface area contributed by atoms with E-state index in [9.17, 15) is 0 Å². The van der Waals surface area contributed by atoms with Crippen LogP contribution in [0.25, 0.3) is 11.1 Å². The molecule has 164 valence electrons. The van der Waals surface area contributed by atoms with Crippen LogP contribution in [0.5, 0.6) is 11.8 Å². The number of nitrogens with zero attached hydrogens (tertiary/aromatic N) is 1. The van der Waals surface area contributed by atoms with Crippen molar-refractivity contribution in [1.29, 1.82) is 0 Å². The van der Waals surface area contributed by atoms with Gasteiger partial charge in [-0.25, -0.2) is 0 Å². The monoisotopic (exact) mass is 446 g/mol. The Morgan fingerprint density at radius 3 is 1.97 bits per heavy atom. The molecule has 0 bridgehead atoms. The Balaban J connectivity index is 0.00000289. The number of ether oxygens (including phenoxy) is 2. The molecular formula is C27H27ClN2O2. The van der Waals surface area contributed by atoms with Crippen molar-refractivity contribution in [2.45, 2.75) is 26.7 Å². The first-order valence-corrected chi connectivity index (χ1v) is 10.4. The van der Waals surface area contributed by atoms with Crippen molar-refractivity contribution in [1.82, 2.24) is 4.98 Å². The molecule has 0 aliphatic carbocycles. The van der Waals surface area contributed by atoms with Gasteiger partial charge in [0.15, 0.2) is 0 Å². The quantitative estimate of drug-likeness (QED) is 0.355. The summed E-state index contributed by atoms with van der Waals surface area (Å²) in [5.41, 5.74) is 12.3. The van der Waals surface area contributed by atoms with Crippen LogP contribution in [0.4, 0.5) is 0 Å². The second-order valence-electron chi connectivity index (χ2n) is 7.40. The number of benzene rings is 3. The first kappa shape index (κ1) is 23.3. The van der Waals surface area contributed by atoms with Gasteiger partial charge >= 0.3 is 0 Å². The molecule has 0 saturated carbocycles. The molecule has 1 heterocycles. The summed E-state index contributed by atoms with van der Waals surface area (Å²) in [6.07, 6.45) is 0. The van der Waals surface area contributed by atoms with E-state index in [1.807, 2.05) is 72.8 Å². The highest BCUT2D eigenvalue weighted by Crippen LogP contribution is 2.32. The first-order chi connectivity index (χ1) is 15.2. The zero-order valence-corrected chi connectivity index (χ0v) is 18.8. The number of rotatable bonds is 8. The molecule has 4 rings (SSSR count). The highest BCUT2D eigenvalue weighted by atomic mass is 35.5. The van der Waals surface area contributed by atoms with Crippen LogP contribution in [-0.2, 0) is 19.8 Å². The van der Waals surface area contributed by atoms with Crippen LogP contribution < -0.4 is 15.2 Å². The molecule has 0 atom stereocenters. The van der Waals surface area contributed by atoms with Crippen LogP contribution in [0, 0.1) is 6.92 Å². The number of aryl methyl sites for hydroxylation is 1. The summed E-state index contributed by atoms with van der Waals surface area (Å²) in [5.74, 6) is 1.08. The van der Waals surface area contributed by atoms with Crippen LogP contribution >= 0.6 is 12.4 Å². The Bertz CT molecular complexity index is 1130. The van der Waals surface area contributed by atoms with Gasteiger partial charge in [-0.2, -0.15) is 4.98 Å². The van der Waals surface area contributed by atoms with E-state index in [2.05, 4.69) is 30.1 Å².